The lowest BCUT2D eigenvalue weighted by Crippen LogP contribution is -2.46. The minimum atomic E-state index is -1.13. The summed E-state index contributed by atoms with van der Waals surface area (Å²) in [6.07, 6.45) is 3.42. The summed E-state index contributed by atoms with van der Waals surface area (Å²) >= 11 is 0. The van der Waals surface area contributed by atoms with Crippen LogP contribution in [-0.4, -0.2) is 71.2 Å². The van der Waals surface area contributed by atoms with E-state index in [-0.39, 0.29) is 37.5 Å². The van der Waals surface area contributed by atoms with Gasteiger partial charge in [-0.25, -0.2) is 9.18 Å². The molecule has 0 aliphatic carbocycles. The van der Waals surface area contributed by atoms with Crippen molar-refractivity contribution in [2.24, 2.45) is 0 Å². The van der Waals surface area contributed by atoms with Crippen LogP contribution in [0.15, 0.2) is 36.7 Å². The molecule has 2 aliphatic rings. The summed E-state index contributed by atoms with van der Waals surface area (Å²) in [5, 5.41) is 11.0. The Morgan fingerprint density at radius 3 is 2.80 bits per heavy atom. The van der Waals surface area contributed by atoms with Gasteiger partial charge < -0.3 is 9.64 Å². The van der Waals surface area contributed by atoms with Crippen LogP contribution in [0.2, 0.25) is 0 Å². The number of alkyl halides is 1. The Labute approximate surface area is 174 Å². The van der Waals surface area contributed by atoms with Crippen molar-refractivity contribution in [2.75, 3.05) is 26.2 Å². The van der Waals surface area contributed by atoms with Gasteiger partial charge in [0.05, 0.1) is 24.7 Å². The summed E-state index contributed by atoms with van der Waals surface area (Å²) in [5.74, 6) is -0.583. The van der Waals surface area contributed by atoms with Crippen LogP contribution in [-0.2, 0) is 9.53 Å². The van der Waals surface area contributed by atoms with E-state index in [1.165, 1.54) is 4.90 Å². The van der Waals surface area contributed by atoms with E-state index in [9.17, 15) is 14.0 Å². The number of esters is 1. The molecule has 1 aromatic heterocycles. The monoisotopic (exact) mass is 410 g/mol. The molecule has 2 atom stereocenters. The van der Waals surface area contributed by atoms with Crippen molar-refractivity contribution in [3.63, 3.8) is 0 Å². The number of hydrogen-bond acceptors (Lipinski definition) is 6. The van der Waals surface area contributed by atoms with E-state index in [0.29, 0.717) is 31.5 Å². The highest BCUT2D eigenvalue weighted by atomic mass is 19.1. The van der Waals surface area contributed by atoms with Crippen molar-refractivity contribution in [3.8, 4) is 6.07 Å². The third kappa shape index (κ3) is 4.41. The number of carbonyl (C=O) groups excluding carboxylic acids is 2. The maximum absolute atomic E-state index is 13.5. The molecule has 2 aliphatic heterocycles. The molecule has 0 bridgehead atoms. The van der Waals surface area contributed by atoms with Gasteiger partial charge >= 0.3 is 5.97 Å². The first kappa shape index (κ1) is 20.2. The summed E-state index contributed by atoms with van der Waals surface area (Å²) in [6.45, 7) is 1.36. The molecule has 7 nitrogen and oxygen atoms in total. The second-order valence-electron chi connectivity index (χ2n) is 7.84. The van der Waals surface area contributed by atoms with E-state index in [4.69, 9.17) is 10.00 Å². The van der Waals surface area contributed by atoms with Crippen molar-refractivity contribution in [1.82, 2.24) is 14.8 Å². The minimum absolute atomic E-state index is 0.00752. The molecule has 2 aromatic rings. The van der Waals surface area contributed by atoms with Gasteiger partial charge in [-0.1, -0.05) is 6.07 Å². The van der Waals surface area contributed by atoms with Crippen LogP contribution >= 0.6 is 0 Å². The third-order valence-electron chi connectivity index (χ3n) is 5.76. The van der Waals surface area contributed by atoms with Gasteiger partial charge in [-0.15, -0.1) is 0 Å². The number of piperidine rings is 1. The van der Waals surface area contributed by atoms with Crippen LogP contribution in [0.4, 0.5) is 4.39 Å². The normalized spacial score (nSPS) is 22.7. The van der Waals surface area contributed by atoms with Gasteiger partial charge in [-0.3, -0.25) is 14.7 Å². The number of fused-ring (bicyclic) bond motifs is 1. The van der Waals surface area contributed by atoms with Gasteiger partial charge in [0.15, 0.2) is 0 Å². The SMILES string of the molecule is N#C[C@@H]1C[C@H](F)CN1C(=O)CN1CCC(OC(=O)c2ccc3ccncc3c2)CC1. The maximum atomic E-state index is 13.5. The molecule has 0 N–H and O–H groups in total. The van der Waals surface area contributed by atoms with E-state index < -0.39 is 12.2 Å². The zero-order chi connectivity index (χ0) is 21.1. The van der Waals surface area contributed by atoms with Gasteiger partial charge in [0, 0.05) is 37.3 Å². The number of benzene rings is 1. The summed E-state index contributed by atoms with van der Waals surface area (Å²) in [5.41, 5.74) is 0.491. The first-order valence-corrected chi connectivity index (χ1v) is 10.1. The third-order valence-corrected chi connectivity index (χ3v) is 5.76. The van der Waals surface area contributed by atoms with Crippen molar-refractivity contribution < 1.29 is 18.7 Å². The number of likely N-dealkylation sites (tertiary alicyclic amines) is 2. The Morgan fingerprint density at radius 2 is 2.03 bits per heavy atom. The van der Waals surface area contributed by atoms with E-state index in [1.54, 1.807) is 24.5 Å². The largest absolute Gasteiger partial charge is 0.459 e. The zero-order valence-electron chi connectivity index (χ0n) is 16.5. The van der Waals surface area contributed by atoms with Gasteiger partial charge in [0.25, 0.3) is 0 Å². The van der Waals surface area contributed by atoms with Crippen LogP contribution in [0, 0.1) is 11.3 Å². The molecule has 4 rings (SSSR count). The molecule has 0 saturated carbocycles. The number of aromatic nitrogens is 1. The average molecular weight is 410 g/mol. The molecular weight excluding hydrogens is 387 g/mol. The number of amides is 1. The number of rotatable bonds is 4. The van der Waals surface area contributed by atoms with Crippen molar-refractivity contribution in [3.05, 3.63) is 42.2 Å². The first-order valence-electron chi connectivity index (χ1n) is 10.1. The van der Waals surface area contributed by atoms with E-state index in [2.05, 4.69) is 4.98 Å². The molecule has 156 valence electrons. The molecular formula is C22H23FN4O3. The number of halogens is 1. The lowest BCUT2D eigenvalue weighted by molar-refractivity contribution is -0.133. The van der Waals surface area contributed by atoms with Gasteiger partial charge in [-0.05, 0) is 36.4 Å². The molecule has 1 amide bonds. The summed E-state index contributed by atoms with van der Waals surface area (Å²) < 4.78 is 19.2. The summed E-state index contributed by atoms with van der Waals surface area (Å²) in [6, 6.07) is 8.61. The standard InChI is InChI=1S/C22H23FN4O3/c23-18-10-19(11-24)27(13-18)21(28)14-26-7-4-20(5-8-26)30-22(29)16-2-1-15-3-6-25-12-17(15)9-16/h1-3,6,9,12,18-20H,4-5,7-8,10,13-14H2/t18-,19-/m0/s1. The van der Waals surface area contributed by atoms with Crippen molar-refractivity contribution in [2.45, 2.75) is 37.6 Å². The Hall–Kier alpha value is -3.05. The van der Waals surface area contributed by atoms with E-state index in [1.807, 2.05) is 23.1 Å². The molecule has 2 saturated heterocycles. The Morgan fingerprint density at radius 1 is 1.23 bits per heavy atom. The molecule has 0 radical (unpaired) electrons. The Bertz CT molecular complexity index is 984. The smallest absolute Gasteiger partial charge is 0.338 e. The summed E-state index contributed by atoms with van der Waals surface area (Å²) in [4.78, 5) is 32.3. The highest BCUT2D eigenvalue weighted by Crippen LogP contribution is 2.22. The number of nitrogens with zero attached hydrogens (tertiary/aromatic N) is 4. The number of hydrogen-bond donors (Lipinski definition) is 0. The maximum Gasteiger partial charge on any atom is 0.338 e. The van der Waals surface area contributed by atoms with Crippen LogP contribution < -0.4 is 0 Å². The zero-order valence-corrected chi connectivity index (χ0v) is 16.5. The fraction of sp³-hybridized carbons (Fsp3) is 0.455. The number of pyridine rings is 1. The first-order chi connectivity index (χ1) is 14.5. The minimum Gasteiger partial charge on any atom is -0.459 e. The number of ether oxygens (including phenoxy) is 1. The predicted octanol–water partition coefficient (Wildman–Crippen LogP) is 2.32. The fourth-order valence-electron chi connectivity index (χ4n) is 4.08. The second kappa shape index (κ2) is 8.76. The van der Waals surface area contributed by atoms with E-state index >= 15 is 0 Å². The lowest BCUT2D eigenvalue weighted by Gasteiger charge is -2.32. The predicted molar refractivity (Wildman–Crippen MR) is 107 cm³/mol. The van der Waals surface area contributed by atoms with Crippen LogP contribution in [0.25, 0.3) is 10.8 Å². The molecule has 0 unspecified atom stereocenters. The van der Waals surface area contributed by atoms with Crippen molar-refractivity contribution >= 4 is 22.6 Å². The molecule has 2 fully saturated rings. The molecule has 30 heavy (non-hydrogen) atoms. The van der Waals surface area contributed by atoms with Gasteiger partial charge in [-0.2, -0.15) is 5.26 Å². The summed E-state index contributed by atoms with van der Waals surface area (Å²) in [7, 11) is 0. The highest BCUT2D eigenvalue weighted by molar-refractivity contribution is 5.95. The molecule has 1 aromatic carbocycles. The number of nitriles is 1. The molecule has 0 spiro atoms. The van der Waals surface area contributed by atoms with Gasteiger partial charge in [0.2, 0.25) is 5.91 Å². The van der Waals surface area contributed by atoms with Crippen molar-refractivity contribution in [1.29, 1.82) is 5.26 Å². The highest BCUT2D eigenvalue weighted by Gasteiger charge is 2.36. The topological polar surface area (TPSA) is 86.5 Å². The lowest BCUT2D eigenvalue weighted by atomic mass is 10.1. The van der Waals surface area contributed by atoms with Gasteiger partial charge in [0.1, 0.15) is 18.3 Å². The molecule has 3 heterocycles. The average Bonchev–Trinajstić information content (AvgIpc) is 3.15. The second-order valence-corrected chi connectivity index (χ2v) is 7.84. The molecule has 8 heteroatoms. The number of carbonyl (C=O) groups is 2. The quantitative estimate of drug-likeness (QED) is 0.719. The van der Waals surface area contributed by atoms with E-state index in [0.717, 1.165) is 10.8 Å². The fourth-order valence-corrected chi connectivity index (χ4v) is 4.08. The Balaban J connectivity index is 1.27. The van der Waals surface area contributed by atoms with Crippen LogP contribution in [0.3, 0.4) is 0 Å². The van der Waals surface area contributed by atoms with Crippen LogP contribution in [0.1, 0.15) is 29.6 Å². The Kier molecular flexibility index (Phi) is 5.91. The van der Waals surface area contributed by atoms with Crippen LogP contribution in [0.5, 0.6) is 0 Å².